The van der Waals surface area contributed by atoms with Crippen LogP contribution in [0.15, 0.2) is 35.4 Å². The number of benzene rings is 1. The van der Waals surface area contributed by atoms with Gasteiger partial charge in [-0.3, -0.25) is 0 Å². The van der Waals surface area contributed by atoms with Gasteiger partial charge in [0.25, 0.3) is 0 Å². The largest absolute Gasteiger partial charge is 0.360 e. The SMILES string of the molecule is CCCS(=O)(=O)c1ccc(NC=C(C#N)c2nn[nH]n2)cc1. The summed E-state index contributed by atoms with van der Waals surface area (Å²) in [5.74, 6) is 0.299. The number of aromatic nitrogens is 4. The second-order valence-electron chi connectivity index (χ2n) is 4.39. The highest BCUT2D eigenvalue weighted by Crippen LogP contribution is 2.17. The fourth-order valence-corrected chi connectivity index (χ4v) is 3.05. The Morgan fingerprint density at radius 3 is 2.68 bits per heavy atom. The number of tetrazole rings is 1. The summed E-state index contributed by atoms with van der Waals surface area (Å²) in [5, 5.41) is 25.0. The van der Waals surface area contributed by atoms with Crippen molar-refractivity contribution in [2.75, 3.05) is 11.1 Å². The second-order valence-corrected chi connectivity index (χ2v) is 6.50. The molecule has 0 bridgehead atoms. The molecule has 2 N–H and O–H groups in total. The third-order valence-electron chi connectivity index (χ3n) is 2.78. The Bertz CT molecular complexity index is 788. The standard InChI is InChI=1S/C13H14N6O2S/c1-2-7-22(20,21)12-5-3-11(4-6-12)15-9-10(8-14)13-16-18-19-17-13/h3-6,9,15H,2,7H2,1H3,(H,16,17,18,19). The van der Waals surface area contributed by atoms with E-state index in [-0.39, 0.29) is 22.0 Å². The quantitative estimate of drug-likeness (QED) is 0.770. The van der Waals surface area contributed by atoms with E-state index in [0.29, 0.717) is 12.1 Å². The predicted molar refractivity (Wildman–Crippen MR) is 80.2 cm³/mol. The van der Waals surface area contributed by atoms with Crippen molar-refractivity contribution in [2.24, 2.45) is 0 Å². The fraction of sp³-hybridized carbons (Fsp3) is 0.231. The summed E-state index contributed by atoms with van der Waals surface area (Å²) in [4.78, 5) is 0.280. The van der Waals surface area contributed by atoms with Crippen LogP contribution in [0.2, 0.25) is 0 Å². The third-order valence-corrected chi connectivity index (χ3v) is 4.71. The molecule has 1 aromatic carbocycles. The first-order chi connectivity index (χ1) is 10.6. The van der Waals surface area contributed by atoms with E-state index in [1.807, 2.05) is 13.0 Å². The average molecular weight is 318 g/mol. The van der Waals surface area contributed by atoms with E-state index in [0.717, 1.165) is 0 Å². The van der Waals surface area contributed by atoms with E-state index in [4.69, 9.17) is 5.26 Å². The van der Waals surface area contributed by atoms with Crippen LogP contribution in [-0.4, -0.2) is 34.8 Å². The molecule has 0 aliphatic rings. The Morgan fingerprint density at radius 2 is 2.14 bits per heavy atom. The summed E-state index contributed by atoms with van der Waals surface area (Å²) in [6.45, 7) is 1.82. The van der Waals surface area contributed by atoms with Crippen molar-refractivity contribution in [3.8, 4) is 6.07 Å². The summed E-state index contributed by atoms with van der Waals surface area (Å²) in [6, 6.07) is 8.26. The zero-order valence-corrected chi connectivity index (χ0v) is 12.6. The van der Waals surface area contributed by atoms with Gasteiger partial charge in [-0.15, -0.1) is 10.2 Å². The molecule has 1 aromatic heterocycles. The zero-order valence-electron chi connectivity index (χ0n) is 11.8. The van der Waals surface area contributed by atoms with Crippen LogP contribution in [0.4, 0.5) is 5.69 Å². The van der Waals surface area contributed by atoms with Gasteiger partial charge in [0, 0.05) is 11.9 Å². The van der Waals surface area contributed by atoms with E-state index < -0.39 is 9.84 Å². The summed E-state index contributed by atoms with van der Waals surface area (Å²) in [7, 11) is -3.23. The molecule has 8 nitrogen and oxygen atoms in total. The summed E-state index contributed by atoms with van der Waals surface area (Å²) < 4.78 is 23.8. The number of hydrogen-bond donors (Lipinski definition) is 2. The van der Waals surface area contributed by atoms with Gasteiger partial charge < -0.3 is 5.32 Å². The minimum absolute atomic E-state index is 0.121. The van der Waals surface area contributed by atoms with Crippen LogP contribution in [0.3, 0.4) is 0 Å². The van der Waals surface area contributed by atoms with Crippen molar-refractivity contribution < 1.29 is 8.42 Å². The normalized spacial score (nSPS) is 11.9. The smallest absolute Gasteiger partial charge is 0.216 e. The van der Waals surface area contributed by atoms with Gasteiger partial charge in [-0.05, 0) is 35.9 Å². The minimum atomic E-state index is -3.23. The molecular weight excluding hydrogens is 304 g/mol. The maximum atomic E-state index is 11.9. The number of hydrogen-bond acceptors (Lipinski definition) is 7. The molecule has 9 heteroatoms. The van der Waals surface area contributed by atoms with Crippen LogP contribution < -0.4 is 5.32 Å². The maximum absolute atomic E-state index is 11.9. The molecule has 0 fully saturated rings. The lowest BCUT2D eigenvalue weighted by molar-refractivity contribution is 0.595. The van der Waals surface area contributed by atoms with Crippen LogP contribution in [0.25, 0.3) is 5.57 Å². The Kier molecular flexibility index (Phi) is 4.85. The van der Waals surface area contributed by atoms with Crippen molar-refractivity contribution in [3.05, 3.63) is 36.3 Å². The number of H-pyrrole nitrogens is 1. The fourth-order valence-electron chi connectivity index (χ4n) is 1.72. The molecule has 1 heterocycles. The van der Waals surface area contributed by atoms with Gasteiger partial charge >= 0.3 is 0 Å². The number of anilines is 1. The zero-order chi connectivity index (χ0) is 16.0. The molecule has 0 unspecified atom stereocenters. The molecule has 0 saturated carbocycles. The van der Waals surface area contributed by atoms with E-state index >= 15 is 0 Å². The van der Waals surface area contributed by atoms with Gasteiger partial charge in [-0.25, -0.2) is 8.42 Å². The second kappa shape index (κ2) is 6.82. The first-order valence-electron chi connectivity index (χ1n) is 6.50. The lowest BCUT2D eigenvalue weighted by Crippen LogP contribution is -2.05. The molecular formula is C13H14N6O2S. The molecule has 0 aliphatic carbocycles. The van der Waals surface area contributed by atoms with E-state index in [1.165, 1.54) is 18.3 Å². The monoisotopic (exact) mass is 318 g/mol. The molecule has 0 saturated heterocycles. The van der Waals surface area contributed by atoms with Crippen molar-refractivity contribution >= 4 is 21.1 Å². The van der Waals surface area contributed by atoms with Gasteiger partial charge in [0.1, 0.15) is 11.6 Å². The number of allylic oxidation sites excluding steroid dienone is 1. The van der Waals surface area contributed by atoms with Gasteiger partial charge in [0.15, 0.2) is 9.84 Å². The van der Waals surface area contributed by atoms with Crippen LogP contribution in [0.5, 0.6) is 0 Å². The van der Waals surface area contributed by atoms with Gasteiger partial charge in [-0.2, -0.15) is 10.5 Å². The first kappa shape index (κ1) is 15.7. The van der Waals surface area contributed by atoms with Crippen molar-refractivity contribution in [1.82, 2.24) is 20.6 Å². The van der Waals surface area contributed by atoms with Crippen LogP contribution in [0.1, 0.15) is 19.2 Å². The highest BCUT2D eigenvalue weighted by molar-refractivity contribution is 7.91. The number of sulfone groups is 1. The van der Waals surface area contributed by atoms with Gasteiger partial charge in [0.2, 0.25) is 5.82 Å². The summed E-state index contributed by atoms with van der Waals surface area (Å²) in [5.41, 5.74) is 0.850. The number of nitriles is 1. The molecule has 0 atom stereocenters. The lowest BCUT2D eigenvalue weighted by atomic mass is 10.3. The number of nitrogens with one attached hydrogen (secondary N) is 2. The Hall–Kier alpha value is -2.73. The molecule has 2 rings (SSSR count). The summed E-state index contributed by atoms with van der Waals surface area (Å²) >= 11 is 0. The average Bonchev–Trinajstić information content (AvgIpc) is 3.03. The topological polar surface area (TPSA) is 124 Å². The van der Waals surface area contributed by atoms with Gasteiger partial charge in [0.05, 0.1) is 10.6 Å². The Morgan fingerprint density at radius 1 is 1.41 bits per heavy atom. The van der Waals surface area contributed by atoms with Crippen molar-refractivity contribution in [2.45, 2.75) is 18.2 Å². The summed E-state index contributed by atoms with van der Waals surface area (Å²) in [6.07, 6.45) is 2.00. The van der Waals surface area contributed by atoms with E-state index in [2.05, 4.69) is 25.9 Å². The van der Waals surface area contributed by atoms with Crippen LogP contribution in [0, 0.1) is 11.3 Å². The molecule has 22 heavy (non-hydrogen) atoms. The highest BCUT2D eigenvalue weighted by Gasteiger charge is 2.12. The minimum Gasteiger partial charge on any atom is -0.360 e. The van der Waals surface area contributed by atoms with Crippen molar-refractivity contribution in [1.29, 1.82) is 5.26 Å². The van der Waals surface area contributed by atoms with Crippen molar-refractivity contribution in [3.63, 3.8) is 0 Å². The first-order valence-corrected chi connectivity index (χ1v) is 8.15. The highest BCUT2D eigenvalue weighted by atomic mass is 32.2. The molecule has 0 amide bonds. The number of rotatable bonds is 6. The van der Waals surface area contributed by atoms with Crippen LogP contribution in [-0.2, 0) is 9.84 Å². The van der Waals surface area contributed by atoms with E-state index in [1.54, 1.807) is 12.1 Å². The van der Waals surface area contributed by atoms with Gasteiger partial charge in [-0.1, -0.05) is 6.92 Å². The predicted octanol–water partition coefficient (Wildman–Crippen LogP) is 1.36. The van der Waals surface area contributed by atoms with E-state index in [9.17, 15) is 8.42 Å². The Balaban J connectivity index is 2.14. The third kappa shape index (κ3) is 3.67. The molecule has 2 aromatic rings. The number of aromatic amines is 1. The number of nitrogens with zero attached hydrogens (tertiary/aromatic N) is 4. The molecule has 114 valence electrons. The molecule has 0 aliphatic heterocycles. The Labute approximate surface area is 127 Å². The molecule has 0 radical (unpaired) electrons. The maximum Gasteiger partial charge on any atom is 0.216 e. The molecule has 0 spiro atoms. The van der Waals surface area contributed by atoms with Crippen LogP contribution >= 0.6 is 0 Å². The lowest BCUT2D eigenvalue weighted by Gasteiger charge is -2.05.